The van der Waals surface area contributed by atoms with Crippen LogP contribution in [-0.4, -0.2) is 0 Å². The Morgan fingerprint density at radius 3 is 0.765 bits per heavy atom. The van der Waals surface area contributed by atoms with Crippen LogP contribution in [0.1, 0.15) is 0 Å². The van der Waals surface area contributed by atoms with E-state index in [-0.39, 0.29) is 0 Å². The molecule has 0 bridgehead atoms. The minimum absolute atomic E-state index is 0.599. The van der Waals surface area contributed by atoms with E-state index in [1.807, 2.05) is 72.8 Å². The summed E-state index contributed by atoms with van der Waals surface area (Å²) >= 11 is 0. The predicted molar refractivity (Wildman–Crippen MR) is 280 cm³/mol. The zero-order chi connectivity index (χ0) is 45.0. The average Bonchev–Trinajstić information content (AvgIpc) is 3.41. The first-order valence-electron chi connectivity index (χ1n) is 22.7. The van der Waals surface area contributed by atoms with Crippen LogP contribution in [0.4, 0.5) is 34.1 Å². The Morgan fingerprint density at radius 1 is 0.206 bits per heavy atom. The monoisotopic (exact) mass is 876 g/mol. The summed E-state index contributed by atoms with van der Waals surface area (Å²) in [5.41, 5.74) is 10.5. The second kappa shape index (κ2) is 16.3. The normalized spacial score (nSPS) is 11.5. The largest absolute Gasteiger partial charge is 0.449 e. The van der Waals surface area contributed by atoms with E-state index in [0.717, 1.165) is 77.2 Å². The molecule has 0 aliphatic heterocycles. The van der Waals surface area contributed by atoms with Gasteiger partial charge < -0.3 is 27.5 Å². The molecule has 13 rings (SSSR count). The molecule has 6 nitrogen and oxygen atoms in total. The van der Waals surface area contributed by atoms with Crippen LogP contribution in [0.15, 0.2) is 260 Å². The number of nitrogens with zero attached hydrogens (tertiary/aromatic N) is 2. The zero-order valence-electron chi connectivity index (χ0n) is 36.6. The van der Waals surface area contributed by atoms with Gasteiger partial charge in [0.1, 0.15) is 0 Å². The molecule has 0 unspecified atom stereocenters. The molecule has 13 aromatic rings. The van der Waals surface area contributed by atoms with Crippen LogP contribution in [0, 0.1) is 0 Å². The van der Waals surface area contributed by atoms with E-state index in [9.17, 15) is 0 Å². The van der Waals surface area contributed by atoms with Gasteiger partial charge in [-0.3, -0.25) is 0 Å². The molecule has 0 saturated heterocycles. The first kappa shape index (κ1) is 39.1. The number of hydrogen-bond donors (Lipinski definition) is 0. The van der Waals surface area contributed by atoms with Gasteiger partial charge in [0, 0.05) is 33.5 Å². The van der Waals surface area contributed by atoms with Gasteiger partial charge in [-0.05, 0) is 129 Å². The maximum atomic E-state index is 7.12. The molecule has 2 aromatic heterocycles. The smallest absolute Gasteiger partial charge is 0.194 e. The van der Waals surface area contributed by atoms with Gasteiger partial charge in [0.15, 0.2) is 44.7 Å². The Labute approximate surface area is 390 Å². The number of benzene rings is 10. The summed E-state index contributed by atoms with van der Waals surface area (Å²) in [7, 11) is 0. The third kappa shape index (κ3) is 6.58. The van der Waals surface area contributed by atoms with E-state index in [0.29, 0.717) is 44.7 Å². The minimum atomic E-state index is 0.599. The molecule has 0 radical (unpaired) electrons. The highest BCUT2D eigenvalue weighted by molar-refractivity contribution is 6.25. The first-order chi connectivity index (χ1) is 33.7. The first-order valence-corrected chi connectivity index (χ1v) is 22.7. The highest BCUT2D eigenvalue weighted by atomic mass is 16.4. The summed E-state index contributed by atoms with van der Waals surface area (Å²) in [6, 6.07) is 83.5. The van der Waals surface area contributed by atoms with Gasteiger partial charge in [-0.2, -0.15) is 0 Å². The van der Waals surface area contributed by atoms with E-state index in [1.54, 1.807) is 0 Å². The van der Waals surface area contributed by atoms with Crippen LogP contribution in [0.25, 0.3) is 87.8 Å². The third-order valence-corrected chi connectivity index (χ3v) is 12.7. The van der Waals surface area contributed by atoms with Crippen molar-refractivity contribution in [3.05, 3.63) is 243 Å². The van der Waals surface area contributed by atoms with Gasteiger partial charge in [-0.25, -0.2) is 0 Å². The van der Waals surface area contributed by atoms with Crippen molar-refractivity contribution < 1.29 is 17.7 Å². The number of fused-ring (bicyclic) bond motifs is 13. The molecule has 0 spiro atoms. The molecule has 11 aromatic carbocycles. The van der Waals surface area contributed by atoms with Crippen LogP contribution < -0.4 is 9.80 Å². The fourth-order valence-corrected chi connectivity index (χ4v) is 9.70. The van der Waals surface area contributed by atoms with E-state index < -0.39 is 0 Å². The summed E-state index contributed by atoms with van der Waals surface area (Å²) in [4.78, 5) is 4.49. The molecule has 68 heavy (non-hydrogen) atoms. The summed E-state index contributed by atoms with van der Waals surface area (Å²) in [5.74, 6) is 0. The van der Waals surface area contributed by atoms with Crippen molar-refractivity contribution in [2.24, 2.45) is 0 Å². The number of hydrogen-bond acceptors (Lipinski definition) is 6. The number of rotatable bonds is 6. The predicted octanol–water partition coefficient (Wildman–Crippen LogP) is 18.5. The van der Waals surface area contributed by atoms with Crippen LogP contribution in [0.2, 0.25) is 0 Å². The lowest BCUT2D eigenvalue weighted by molar-refractivity contribution is 0.584. The zero-order valence-corrected chi connectivity index (χ0v) is 36.6. The van der Waals surface area contributed by atoms with Crippen LogP contribution >= 0.6 is 0 Å². The van der Waals surface area contributed by atoms with Gasteiger partial charge in [0.2, 0.25) is 0 Å². The van der Waals surface area contributed by atoms with E-state index in [1.165, 1.54) is 0 Å². The second-order valence-corrected chi connectivity index (χ2v) is 16.8. The average molecular weight is 877 g/mol. The molecule has 0 fully saturated rings. The Bertz CT molecular complexity index is 3800. The second-order valence-electron chi connectivity index (χ2n) is 16.8. The lowest BCUT2D eigenvalue weighted by Crippen LogP contribution is -2.10. The van der Waals surface area contributed by atoms with Crippen LogP contribution in [0.5, 0.6) is 0 Å². The van der Waals surface area contributed by atoms with Gasteiger partial charge in [-0.1, -0.05) is 146 Å². The molecular formula is C62H40N2O4. The van der Waals surface area contributed by atoms with Crippen molar-refractivity contribution in [1.82, 2.24) is 0 Å². The standard InChI is InChI=1S/C62H40N2O4/c1-5-21-41(22-6-1)63(42-23-7-2-8-24-42)53-39-51-47-31-15-13-29-45(47)46-30-14-16-32-48(46)52-40-54(64(43-25-9-3-10-26-43)44-27-11-4-12-28-44)62-60(66-56-34-18-20-36-58(56)68-62)50(52)38-37-49(51)59-61(53)67-57-35-19-17-33-55(57)65-59/h1-40H. The molecule has 0 saturated carbocycles. The fourth-order valence-electron chi connectivity index (χ4n) is 9.70. The van der Waals surface area contributed by atoms with Crippen molar-refractivity contribution in [1.29, 1.82) is 0 Å². The summed E-state index contributed by atoms with van der Waals surface area (Å²) in [6.07, 6.45) is 0. The SMILES string of the molecule is c1ccc(N(c2ccccc2)c2cc3c4ccccc4c4ccccc4c4cc(N(c5ccccc5)c5ccccc5)c5oc6ccccc6oc5c4ccc3c3oc4ccccc4oc23)cc1. The van der Waals surface area contributed by atoms with Crippen LogP contribution in [-0.2, 0) is 0 Å². The van der Waals surface area contributed by atoms with E-state index >= 15 is 0 Å². The Hall–Kier alpha value is -9.26. The molecule has 0 aliphatic rings. The topological polar surface area (TPSA) is 59.0 Å². The van der Waals surface area contributed by atoms with Gasteiger partial charge >= 0.3 is 0 Å². The maximum Gasteiger partial charge on any atom is 0.194 e. The van der Waals surface area contributed by atoms with Crippen molar-refractivity contribution in [3.63, 3.8) is 0 Å². The van der Waals surface area contributed by atoms with Gasteiger partial charge in [-0.15, -0.1) is 0 Å². The lowest BCUT2D eigenvalue weighted by atomic mass is 9.96. The van der Waals surface area contributed by atoms with Gasteiger partial charge in [0.05, 0.1) is 11.4 Å². The summed E-state index contributed by atoms with van der Waals surface area (Å²) < 4.78 is 28.3. The third-order valence-electron chi connectivity index (χ3n) is 12.7. The Balaban J connectivity index is 1.26. The quantitative estimate of drug-likeness (QED) is 0.155. The van der Waals surface area contributed by atoms with Gasteiger partial charge in [0.25, 0.3) is 0 Å². The molecular weight excluding hydrogens is 837 g/mol. The molecule has 0 amide bonds. The number of para-hydroxylation sites is 8. The summed E-state index contributed by atoms with van der Waals surface area (Å²) in [5, 5.41) is 7.83. The van der Waals surface area contributed by atoms with Crippen molar-refractivity contribution >= 4 is 122 Å². The van der Waals surface area contributed by atoms with E-state index in [2.05, 4.69) is 180 Å². The Kier molecular flexibility index (Phi) is 9.39. The van der Waals surface area contributed by atoms with Crippen molar-refractivity contribution in [3.8, 4) is 0 Å². The molecule has 0 atom stereocenters. The molecule has 322 valence electrons. The van der Waals surface area contributed by atoms with Crippen LogP contribution in [0.3, 0.4) is 0 Å². The van der Waals surface area contributed by atoms with Crippen molar-refractivity contribution in [2.75, 3.05) is 9.80 Å². The molecule has 0 aliphatic carbocycles. The van der Waals surface area contributed by atoms with Crippen molar-refractivity contribution in [2.45, 2.75) is 0 Å². The summed E-state index contributed by atoms with van der Waals surface area (Å²) in [6.45, 7) is 0. The fraction of sp³-hybridized carbons (Fsp3) is 0. The highest BCUT2D eigenvalue weighted by Crippen LogP contribution is 2.47. The molecule has 6 heteroatoms. The number of anilines is 6. The molecule has 0 N–H and O–H groups in total. The minimum Gasteiger partial charge on any atom is -0.449 e. The van der Waals surface area contributed by atoms with E-state index in [4.69, 9.17) is 17.7 Å². The lowest BCUT2D eigenvalue weighted by Gasteiger charge is -2.26. The highest BCUT2D eigenvalue weighted by Gasteiger charge is 2.24. The maximum absolute atomic E-state index is 7.12. The Morgan fingerprint density at radius 2 is 0.456 bits per heavy atom. The molecule has 2 heterocycles.